The summed E-state index contributed by atoms with van der Waals surface area (Å²) < 4.78 is 28.8. The summed E-state index contributed by atoms with van der Waals surface area (Å²) in [6, 6.07) is 4.33. The maximum atomic E-state index is 13.7. The zero-order valence-electron chi connectivity index (χ0n) is 19.4. The monoisotopic (exact) mass is 477 g/mol. The molecular weight excluding hydrogens is 446 g/mol. The van der Waals surface area contributed by atoms with Gasteiger partial charge in [0.05, 0.1) is 23.1 Å². The number of imide groups is 1. The summed E-state index contributed by atoms with van der Waals surface area (Å²) in [6.45, 7) is 9.06. The number of carbonyl (C=O) groups excluding carboxylic acids is 3. The number of hydrogen-bond acceptors (Lipinski definition) is 6. The summed E-state index contributed by atoms with van der Waals surface area (Å²) in [7, 11) is -3.90. The summed E-state index contributed by atoms with van der Waals surface area (Å²) in [5.41, 5.74) is -0.182. The maximum absolute atomic E-state index is 13.7. The van der Waals surface area contributed by atoms with Crippen LogP contribution in [0.5, 0.6) is 0 Å². The van der Waals surface area contributed by atoms with E-state index in [1.54, 1.807) is 4.90 Å². The van der Waals surface area contributed by atoms with E-state index in [0.29, 0.717) is 6.61 Å². The molecule has 10 heteroatoms. The molecule has 2 heterocycles. The van der Waals surface area contributed by atoms with Crippen molar-refractivity contribution in [2.24, 2.45) is 21.9 Å². The number of benzene rings is 1. The Balaban J connectivity index is 1.62. The molecule has 3 amide bonds. The van der Waals surface area contributed by atoms with Crippen molar-refractivity contribution < 1.29 is 27.5 Å². The molecule has 0 radical (unpaired) electrons. The molecule has 180 valence electrons. The van der Waals surface area contributed by atoms with Crippen LogP contribution in [0.2, 0.25) is 0 Å². The third-order valence-electron chi connectivity index (χ3n) is 7.90. The number of anilines is 1. The van der Waals surface area contributed by atoms with Crippen LogP contribution in [0.25, 0.3) is 0 Å². The van der Waals surface area contributed by atoms with E-state index in [1.165, 1.54) is 24.3 Å². The van der Waals surface area contributed by atoms with Crippen LogP contribution in [0, 0.1) is 16.7 Å². The number of carbonyl (C=O) groups is 3. The van der Waals surface area contributed by atoms with Crippen LogP contribution in [0.4, 0.5) is 5.69 Å². The van der Waals surface area contributed by atoms with Gasteiger partial charge in [-0.15, -0.1) is 0 Å². The first-order chi connectivity index (χ1) is 15.3. The average Bonchev–Trinajstić information content (AvgIpc) is 3.14. The molecule has 1 aromatic rings. The van der Waals surface area contributed by atoms with Crippen LogP contribution >= 0.6 is 0 Å². The molecule has 3 fully saturated rings. The minimum Gasteiger partial charge on any atom is -0.376 e. The number of primary sulfonamides is 1. The predicted molar refractivity (Wildman–Crippen MR) is 120 cm³/mol. The lowest BCUT2D eigenvalue weighted by atomic mass is 10.0. The van der Waals surface area contributed by atoms with Gasteiger partial charge in [-0.25, -0.2) is 18.5 Å². The largest absolute Gasteiger partial charge is 0.376 e. The SMILES string of the molecule is CC1(C)C(C(=O)N(CC2CCCO2)C2CC(=O)N(c3ccc(S(N)(=O)=O)cc3)C2=O)C1(C)C. The van der Waals surface area contributed by atoms with E-state index in [0.717, 1.165) is 17.7 Å². The standard InChI is InChI=1S/C23H31N3O6S/c1-22(2)19(23(22,3)4)21(29)25(13-15-6-5-11-32-15)17-12-18(27)26(20(17)28)14-7-9-16(10-8-14)33(24,30)31/h7-10,15,17,19H,5-6,11-13H2,1-4H3,(H2,24,30,31). The second-order valence-corrected chi connectivity index (χ2v) is 11.9. The van der Waals surface area contributed by atoms with Gasteiger partial charge in [-0.3, -0.25) is 14.4 Å². The molecule has 1 aromatic carbocycles. The van der Waals surface area contributed by atoms with Crippen molar-refractivity contribution in [1.82, 2.24) is 4.90 Å². The molecule has 2 unspecified atom stereocenters. The molecule has 0 aromatic heterocycles. The summed E-state index contributed by atoms with van der Waals surface area (Å²) in [5.74, 6) is -1.31. The first-order valence-corrected chi connectivity index (χ1v) is 12.7. The fraction of sp³-hybridized carbons (Fsp3) is 0.609. The number of ether oxygens (including phenoxy) is 1. The summed E-state index contributed by atoms with van der Waals surface area (Å²) in [5, 5.41) is 5.13. The minimum absolute atomic E-state index is 0.115. The Morgan fingerprint density at radius 1 is 1.15 bits per heavy atom. The number of nitrogens with two attached hydrogens (primary N) is 1. The zero-order chi connectivity index (χ0) is 24.3. The molecule has 1 saturated carbocycles. The van der Waals surface area contributed by atoms with Gasteiger partial charge < -0.3 is 9.64 Å². The summed E-state index contributed by atoms with van der Waals surface area (Å²) >= 11 is 0. The number of rotatable bonds is 6. The van der Waals surface area contributed by atoms with Gasteiger partial charge in [-0.2, -0.15) is 0 Å². The van der Waals surface area contributed by atoms with E-state index >= 15 is 0 Å². The number of amides is 3. The fourth-order valence-corrected chi connectivity index (χ4v) is 5.79. The van der Waals surface area contributed by atoms with Crippen LogP contribution in [-0.2, 0) is 29.1 Å². The highest BCUT2D eigenvalue weighted by Crippen LogP contribution is 2.69. The lowest BCUT2D eigenvalue weighted by molar-refractivity contribution is -0.142. The van der Waals surface area contributed by atoms with Gasteiger partial charge in [-0.05, 0) is 47.9 Å². The minimum atomic E-state index is -3.90. The highest BCUT2D eigenvalue weighted by atomic mass is 32.2. The second-order valence-electron chi connectivity index (χ2n) is 10.3. The molecule has 33 heavy (non-hydrogen) atoms. The van der Waals surface area contributed by atoms with E-state index in [4.69, 9.17) is 9.88 Å². The second kappa shape index (κ2) is 7.89. The molecule has 2 atom stereocenters. The summed E-state index contributed by atoms with van der Waals surface area (Å²) in [6.07, 6.45) is 1.41. The van der Waals surface area contributed by atoms with Gasteiger partial charge >= 0.3 is 0 Å². The van der Waals surface area contributed by atoms with Crippen LogP contribution in [0.15, 0.2) is 29.2 Å². The van der Waals surface area contributed by atoms with Gasteiger partial charge in [0.15, 0.2) is 0 Å². The fourth-order valence-electron chi connectivity index (χ4n) is 5.27. The van der Waals surface area contributed by atoms with Crippen molar-refractivity contribution in [3.8, 4) is 0 Å². The Bertz CT molecular complexity index is 1080. The molecule has 4 rings (SSSR count). The van der Waals surface area contributed by atoms with E-state index in [9.17, 15) is 22.8 Å². The first kappa shape index (κ1) is 23.8. The molecule has 9 nitrogen and oxygen atoms in total. The van der Waals surface area contributed by atoms with Crippen molar-refractivity contribution in [1.29, 1.82) is 0 Å². The highest BCUT2D eigenvalue weighted by molar-refractivity contribution is 7.89. The Labute approximate surface area is 194 Å². The Morgan fingerprint density at radius 2 is 1.76 bits per heavy atom. The van der Waals surface area contributed by atoms with Gasteiger partial charge in [0, 0.05) is 19.1 Å². The molecule has 2 N–H and O–H groups in total. The summed E-state index contributed by atoms with van der Waals surface area (Å²) in [4.78, 5) is 42.4. The van der Waals surface area contributed by atoms with Crippen molar-refractivity contribution >= 4 is 33.4 Å². The van der Waals surface area contributed by atoms with Gasteiger partial charge in [-0.1, -0.05) is 27.7 Å². The number of nitrogens with zero attached hydrogens (tertiary/aromatic N) is 2. The number of hydrogen-bond donors (Lipinski definition) is 1. The van der Waals surface area contributed by atoms with Gasteiger partial charge in [0.2, 0.25) is 21.8 Å². The molecule has 0 bridgehead atoms. The smallest absolute Gasteiger partial charge is 0.257 e. The van der Waals surface area contributed by atoms with Crippen molar-refractivity contribution in [2.45, 2.75) is 64.0 Å². The molecule has 1 aliphatic carbocycles. The average molecular weight is 478 g/mol. The normalized spacial score (nSPS) is 26.6. The van der Waals surface area contributed by atoms with Crippen LogP contribution in [-0.4, -0.2) is 56.3 Å². The lowest BCUT2D eigenvalue weighted by Gasteiger charge is -2.30. The maximum Gasteiger partial charge on any atom is 0.257 e. The van der Waals surface area contributed by atoms with E-state index < -0.39 is 27.9 Å². The third-order valence-corrected chi connectivity index (χ3v) is 8.83. The van der Waals surface area contributed by atoms with Gasteiger partial charge in [0.1, 0.15) is 6.04 Å². The lowest BCUT2D eigenvalue weighted by Crippen LogP contribution is -2.49. The van der Waals surface area contributed by atoms with Crippen LogP contribution < -0.4 is 10.0 Å². The molecule has 0 spiro atoms. The molecular formula is C23H31N3O6S. The highest BCUT2D eigenvalue weighted by Gasteiger charge is 2.69. The first-order valence-electron chi connectivity index (χ1n) is 11.2. The molecule has 3 aliphatic rings. The van der Waals surface area contributed by atoms with E-state index in [-0.39, 0.29) is 52.3 Å². The van der Waals surface area contributed by atoms with Crippen molar-refractivity contribution in [3.63, 3.8) is 0 Å². The van der Waals surface area contributed by atoms with Crippen LogP contribution in [0.3, 0.4) is 0 Å². The van der Waals surface area contributed by atoms with Crippen LogP contribution in [0.1, 0.15) is 47.0 Å². The third kappa shape index (κ3) is 3.98. The van der Waals surface area contributed by atoms with E-state index in [1.807, 2.05) is 27.7 Å². The topological polar surface area (TPSA) is 127 Å². The Morgan fingerprint density at radius 3 is 2.24 bits per heavy atom. The van der Waals surface area contributed by atoms with E-state index in [2.05, 4.69) is 0 Å². The van der Waals surface area contributed by atoms with Crippen molar-refractivity contribution in [3.05, 3.63) is 24.3 Å². The molecule has 2 aliphatic heterocycles. The zero-order valence-corrected chi connectivity index (χ0v) is 20.2. The van der Waals surface area contributed by atoms with Gasteiger partial charge in [0.25, 0.3) is 5.91 Å². The predicted octanol–water partition coefficient (Wildman–Crippen LogP) is 1.66. The molecule has 2 saturated heterocycles. The Hall–Kier alpha value is -2.30. The quantitative estimate of drug-likeness (QED) is 0.621. The Kier molecular flexibility index (Phi) is 5.70. The van der Waals surface area contributed by atoms with Crippen molar-refractivity contribution in [2.75, 3.05) is 18.1 Å². The number of sulfonamides is 1.